The molecular formula is C14H15ClFN3O3S. The molecular weight excluding hydrogens is 345 g/mol. The van der Waals surface area contributed by atoms with Crippen molar-refractivity contribution in [1.82, 2.24) is 14.4 Å². The van der Waals surface area contributed by atoms with Crippen molar-refractivity contribution < 1.29 is 17.3 Å². The summed E-state index contributed by atoms with van der Waals surface area (Å²) < 4.78 is 44.9. The van der Waals surface area contributed by atoms with Crippen LogP contribution in [0.5, 0.6) is 0 Å². The molecule has 0 aliphatic carbocycles. The van der Waals surface area contributed by atoms with E-state index in [2.05, 4.69) is 10.1 Å². The molecule has 1 aliphatic rings. The van der Waals surface area contributed by atoms with Gasteiger partial charge in [-0.25, -0.2) is 12.8 Å². The van der Waals surface area contributed by atoms with Gasteiger partial charge < -0.3 is 4.52 Å². The molecule has 23 heavy (non-hydrogen) atoms. The lowest BCUT2D eigenvalue weighted by atomic mass is 9.98. The molecule has 1 aromatic carbocycles. The fourth-order valence-corrected chi connectivity index (χ4v) is 4.35. The molecule has 0 N–H and O–H groups in total. The maximum absolute atomic E-state index is 13.2. The first kappa shape index (κ1) is 16.4. The summed E-state index contributed by atoms with van der Waals surface area (Å²) in [6.45, 7) is 2.41. The van der Waals surface area contributed by atoms with Crippen LogP contribution in [0, 0.1) is 12.7 Å². The van der Waals surface area contributed by atoms with Crippen LogP contribution < -0.4 is 0 Å². The third-order valence-electron chi connectivity index (χ3n) is 3.88. The Balaban J connectivity index is 1.74. The topological polar surface area (TPSA) is 76.3 Å². The molecule has 6 nitrogen and oxygen atoms in total. The van der Waals surface area contributed by atoms with Gasteiger partial charge in [0.2, 0.25) is 15.9 Å². The molecule has 9 heteroatoms. The second-order valence-electron chi connectivity index (χ2n) is 5.43. The number of hydrogen-bond acceptors (Lipinski definition) is 5. The van der Waals surface area contributed by atoms with Gasteiger partial charge in [-0.15, -0.1) is 0 Å². The predicted molar refractivity (Wildman–Crippen MR) is 81.2 cm³/mol. The zero-order chi connectivity index (χ0) is 16.6. The SMILES string of the molecule is Cc1noc(C2CCN(S(=O)(=O)c3ccc(F)c(Cl)c3)CC2)n1. The van der Waals surface area contributed by atoms with Gasteiger partial charge in [-0.2, -0.15) is 9.29 Å². The molecule has 2 heterocycles. The van der Waals surface area contributed by atoms with Crippen LogP contribution in [0.3, 0.4) is 0 Å². The zero-order valence-corrected chi connectivity index (χ0v) is 13.9. The lowest BCUT2D eigenvalue weighted by Gasteiger charge is -2.29. The standard InChI is InChI=1S/C14H15ClFN3O3S/c1-9-17-14(22-18-9)10-4-6-19(7-5-10)23(20,21)11-2-3-13(16)12(15)8-11/h2-3,8,10H,4-7H2,1H3. The summed E-state index contributed by atoms with van der Waals surface area (Å²) in [5, 5.41) is 3.55. The van der Waals surface area contributed by atoms with Crippen molar-refractivity contribution in [2.45, 2.75) is 30.6 Å². The third-order valence-corrected chi connectivity index (χ3v) is 6.06. The quantitative estimate of drug-likeness (QED) is 0.842. The van der Waals surface area contributed by atoms with Gasteiger partial charge in [-0.05, 0) is 38.0 Å². The summed E-state index contributed by atoms with van der Waals surface area (Å²) in [7, 11) is -3.69. The van der Waals surface area contributed by atoms with Crippen molar-refractivity contribution in [1.29, 1.82) is 0 Å². The fraction of sp³-hybridized carbons (Fsp3) is 0.429. The van der Waals surface area contributed by atoms with Crippen LogP contribution in [0.25, 0.3) is 0 Å². The van der Waals surface area contributed by atoms with Gasteiger partial charge in [0.25, 0.3) is 0 Å². The fourth-order valence-electron chi connectivity index (χ4n) is 2.61. The van der Waals surface area contributed by atoms with E-state index < -0.39 is 15.8 Å². The van der Waals surface area contributed by atoms with Crippen LogP contribution in [0.4, 0.5) is 4.39 Å². The monoisotopic (exact) mass is 359 g/mol. The minimum Gasteiger partial charge on any atom is -0.339 e. The highest BCUT2D eigenvalue weighted by Gasteiger charge is 2.32. The molecule has 1 fully saturated rings. The van der Waals surface area contributed by atoms with Crippen LogP contribution in [-0.4, -0.2) is 36.0 Å². The molecule has 0 radical (unpaired) electrons. The zero-order valence-electron chi connectivity index (χ0n) is 12.4. The van der Waals surface area contributed by atoms with Gasteiger partial charge in [0.05, 0.1) is 9.92 Å². The number of aromatic nitrogens is 2. The Morgan fingerprint density at radius 2 is 2.04 bits per heavy atom. The van der Waals surface area contributed by atoms with Crippen LogP contribution >= 0.6 is 11.6 Å². The molecule has 0 spiro atoms. The number of sulfonamides is 1. The van der Waals surface area contributed by atoms with Gasteiger partial charge in [-0.3, -0.25) is 0 Å². The van der Waals surface area contributed by atoms with Gasteiger partial charge in [0, 0.05) is 19.0 Å². The number of aryl methyl sites for hydroxylation is 1. The van der Waals surface area contributed by atoms with Crippen molar-refractivity contribution in [3.05, 3.63) is 40.8 Å². The summed E-state index contributed by atoms with van der Waals surface area (Å²) in [4.78, 5) is 4.19. The first-order valence-electron chi connectivity index (χ1n) is 7.13. The Labute approximate surface area is 138 Å². The minimum absolute atomic E-state index is 0.00372. The first-order chi connectivity index (χ1) is 10.9. The van der Waals surface area contributed by atoms with E-state index in [1.807, 2.05) is 0 Å². The lowest BCUT2D eigenvalue weighted by molar-refractivity contribution is 0.270. The molecule has 0 atom stereocenters. The van der Waals surface area contributed by atoms with E-state index in [1.54, 1.807) is 6.92 Å². The summed E-state index contributed by atoms with van der Waals surface area (Å²) >= 11 is 5.68. The molecule has 124 valence electrons. The summed E-state index contributed by atoms with van der Waals surface area (Å²) in [6.07, 6.45) is 1.19. The Morgan fingerprint density at radius 3 is 2.61 bits per heavy atom. The highest BCUT2D eigenvalue weighted by atomic mass is 35.5. The Bertz CT molecular complexity index is 816. The van der Waals surface area contributed by atoms with Gasteiger partial charge in [0.15, 0.2) is 5.82 Å². The molecule has 1 aromatic heterocycles. The number of nitrogens with zero attached hydrogens (tertiary/aromatic N) is 3. The van der Waals surface area contributed by atoms with E-state index in [4.69, 9.17) is 16.1 Å². The average Bonchev–Trinajstić information content (AvgIpc) is 2.96. The third kappa shape index (κ3) is 3.24. The van der Waals surface area contributed by atoms with E-state index in [0.29, 0.717) is 37.6 Å². The largest absolute Gasteiger partial charge is 0.339 e. The minimum atomic E-state index is -3.69. The normalized spacial score (nSPS) is 17.5. The molecule has 0 bridgehead atoms. The molecule has 0 saturated carbocycles. The number of benzene rings is 1. The second kappa shape index (κ2) is 6.18. The van der Waals surface area contributed by atoms with E-state index in [0.717, 1.165) is 12.1 Å². The van der Waals surface area contributed by atoms with Crippen molar-refractivity contribution in [3.8, 4) is 0 Å². The Kier molecular flexibility index (Phi) is 4.39. The second-order valence-corrected chi connectivity index (χ2v) is 7.78. The lowest BCUT2D eigenvalue weighted by Crippen LogP contribution is -2.38. The van der Waals surface area contributed by atoms with E-state index in [-0.39, 0.29) is 15.8 Å². The van der Waals surface area contributed by atoms with Gasteiger partial charge in [-0.1, -0.05) is 16.8 Å². The van der Waals surface area contributed by atoms with Crippen LogP contribution in [-0.2, 0) is 10.0 Å². The predicted octanol–water partition coefficient (Wildman–Crippen LogP) is 2.74. The highest BCUT2D eigenvalue weighted by molar-refractivity contribution is 7.89. The average molecular weight is 360 g/mol. The summed E-state index contributed by atoms with van der Waals surface area (Å²) in [6, 6.07) is 3.42. The van der Waals surface area contributed by atoms with Gasteiger partial charge in [0.1, 0.15) is 5.82 Å². The number of halogens is 2. The number of hydrogen-bond donors (Lipinski definition) is 0. The molecule has 2 aromatic rings. The van der Waals surface area contributed by atoms with Crippen molar-refractivity contribution >= 4 is 21.6 Å². The molecule has 1 saturated heterocycles. The smallest absolute Gasteiger partial charge is 0.243 e. The molecule has 0 amide bonds. The molecule has 1 aliphatic heterocycles. The Hall–Kier alpha value is -1.51. The maximum Gasteiger partial charge on any atom is 0.243 e. The van der Waals surface area contributed by atoms with Crippen molar-refractivity contribution in [2.75, 3.05) is 13.1 Å². The van der Waals surface area contributed by atoms with Gasteiger partial charge >= 0.3 is 0 Å². The number of rotatable bonds is 3. The molecule has 3 rings (SSSR count). The van der Waals surface area contributed by atoms with E-state index in [9.17, 15) is 12.8 Å². The number of piperidine rings is 1. The van der Waals surface area contributed by atoms with Crippen LogP contribution in [0.1, 0.15) is 30.5 Å². The maximum atomic E-state index is 13.2. The van der Waals surface area contributed by atoms with E-state index in [1.165, 1.54) is 10.4 Å². The van der Waals surface area contributed by atoms with E-state index >= 15 is 0 Å². The molecule has 0 unspecified atom stereocenters. The van der Waals surface area contributed by atoms with Crippen LogP contribution in [0.15, 0.2) is 27.6 Å². The Morgan fingerprint density at radius 1 is 1.35 bits per heavy atom. The first-order valence-corrected chi connectivity index (χ1v) is 8.95. The van der Waals surface area contributed by atoms with Crippen molar-refractivity contribution in [3.63, 3.8) is 0 Å². The highest BCUT2D eigenvalue weighted by Crippen LogP contribution is 2.30. The van der Waals surface area contributed by atoms with Crippen molar-refractivity contribution in [2.24, 2.45) is 0 Å². The summed E-state index contributed by atoms with van der Waals surface area (Å²) in [5.74, 6) is 0.524. The van der Waals surface area contributed by atoms with Crippen LogP contribution in [0.2, 0.25) is 5.02 Å². The summed E-state index contributed by atoms with van der Waals surface area (Å²) in [5.41, 5.74) is 0.